The van der Waals surface area contributed by atoms with Gasteiger partial charge in [-0.1, -0.05) is 29.8 Å². The molecule has 0 unspecified atom stereocenters. The number of hydrogen-bond acceptors (Lipinski definition) is 5. The fraction of sp³-hybridized carbons (Fsp3) is 0.222. The molecule has 3 rings (SSSR count). The van der Waals surface area contributed by atoms with Gasteiger partial charge < -0.3 is 4.90 Å². The van der Waals surface area contributed by atoms with Crippen molar-refractivity contribution in [1.82, 2.24) is 10.9 Å². The number of nitrogens with zero attached hydrogens (tertiary/aromatic N) is 1. The quantitative estimate of drug-likeness (QED) is 0.639. The number of hydrogen-bond donors (Lipinski definition) is 3. The molecule has 0 radical (unpaired) electrons. The second-order valence-corrected chi connectivity index (χ2v) is 8.28. The van der Waals surface area contributed by atoms with E-state index in [2.05, 4.69) is 10.9 Å². The smallest absolute Gasteiger partial charge is 0.269 e. The third-order valence-electron chi connectivity index (χ3n) is 4.36. The molecule has 8 nitrogen and oxygen atoms in total. The molecule has 2 aromatic carbocycles. The van der Waals surface area contributed by atoms with E-state index in [1.54, 1.807) is 0 Å². The highest BCUT2D eigenvalue weighted by Gasteiger charge is 2.20. The Labute approximate surface area is 167 Å². The molecule has 28 heavy (non-hydrogen) atoms. The van der Waals surface area contributed by atoms with E-state index in [9.17, 15) is 18.0 Å². The molecule has 0 saturated heterocycles. The van der Waals surface area contributed by atoms with Gasteiger partial charge in [0.25, 0.3) is 11.8 Å². The molecule has 0 bridgehead atoms. The van der Waals surface area contributed by atoms with Crippen molar-refractivity contribution in [2.75, 3.05) is 18.0 Å². The van der Waals surface area contributed by atoms with Gasteiger partial charge >= 0.3 is 0 Å². The van der Waals surface area contributed by atoms with Crippen LogP contribution in [0.3, 0.4) is 0 Å². The Hall–Kier alpha value is -2.62. The van der Waals surface area contributed by atoms with E-state index in [0.717, 1.165) is 31.1 Å². The summed E-state index contributed by atoms with van der Waals surface area (Å²) in [6.45, 7) is 0.827. The molecule has 0 aromatic heterocycles. The maximum Gasteiger partial charge on any atom is 0.269 e. The number of carbonyl (C=O) groups is 2. The Bertz CT molecular complexity index is 1030. The largest absolute Gasteiger partial charge is 0.362 e. The van der Waals surface area contributed by atoms with Crippen molar-refractivity contribution >= 4 is 39.1 Å². The number of fused-ring (bicyclic) bond motifs is 1. The molecule has 1 aliphatic heterocycles. The van der Waals surface area contributed by atoms with Crippen LogP contribution in [0.4, 0.5) is 5.69 Å². The Balaban J connectivity index is 1.62. The number of benzene rings is 2. The minimum atomic E-state index is -4.07. The van der Waals surface area contributed by atoms with Crippen molar-refractivity contribution in [1.29, 1.82) is 0 Å². The number of anilines is 1. The zero-order chi connectivity index (χ0) is 20.3. The lowest BCUT2D eigenvalue weighted by molar-refractivity contribution is -0.120. The molecule has 0 saturated carbocycles. The average molecular weight is 423 g/mol. The van der Waals surface area contributed by atoms with E-state index in [4.69, 9.17) is 16.7 Å². The number of sulfonamides is 1. The molecule has 0 aliphatic carbocycles. The van der Waals surface area contributed by atoms with Gasteiger partial charge in [-0.2, -0.15) is 0 Å². The number of rotatable bonds is 4. The van der Waals surface area contributed by atoms with Crippen molar-refractivity contribution < 1.29 is 18.0 Å². The first-order chi connectivity index (χ1) is 13.3. The van der Waals surface area contributed by atoms with Gasteiger partial charge in [0.2, 0.25) is 10.0 Å². The van der Waals surface area contributed by atoms with Crippen LogP contribution >= 0.6 is 11.6 Å². The number of nitrogens with one attached hydrogen (secondary N) is 2. The third-order valence-corrected chi connectivity index (χ3v) is 5.75. The van der Waals surface area contributed by atoms with Crippen molar-refractivity contribution in [2.45, 2.75) is 17.7 Å². The molecule has 4 N–H and O–H groups in total. The third kappa shape index (κ3) is 4.61. The minimum Gasteiger partial charge on any atom is -0.362 e. The van der Waals surface area contributed by atoms with Gasteiger partial charge in [0, 0.05) is 17.8 Å². The first-order valence-electron chi connectivity index (χ1n) is 8.50. The Morgan fingerprint density at radius 2 is 1.89 bits per heavy atom. The summed E-state index contributed by atoms with van der Waals surface area (Å²) in [7, 11) is -4.07. The van der Waals surface area contributed by atoms with Gasteiger partial charge in [0.05, 0.1) is 11.6 Å². The summed E-state index contributed by atoms with van der Waals surface area (Å²) in [5.74, 6) is -1.08. The molecule has 1 heterocycles. The molecule has 2 aromatic rings. The summed E-state index contributed by atoms with van der Waals surface area (Å²) >= 11 is 5.80. The Morgan fingerprint density at radius 1 is 1.14 bits per heavy atom. The summed E-state index contributed by atoms with van der Waals surface area (Å²) in [6, 6.07) is 11.5. The molecular formula is C18H19ClN4O4S. The zero-order valence-corrected chi connectivity index (χ0v) is 16.4. The van der Waals surface area contributed by atoms with Crippen molar-refractivity contribution in [3.05, 3.63) is 58.6 Å². The monoisotopic (exact) mass is 422 g/mol. The van der Waals surface area contributed by atoms with Crippen LogP contribution in [-0.4, -0.2) is 33.3 Å². The predicted molar refractivity (Wildman–Crippen MR) is 105 cm³/mol. The van der Waals surface area contributed by atoms with Crippen LogP contribution in [0.2, 0.25) is 5.02 Å². The SMILES string of the molecule is NS(=O)(=O)c1cc(C(=O)NNC(=O)CN2CCCc3ccccc32)ccc1Cl. The fourth-order valence-electron chi connectivity index (χ4n) is 3.05. The normalized spacial score (nSPS) is 13.6. The summed E-state index contributed by atoms with van der Waals surface area (Å²) in [5.41, 5.74) is 6.79. The molecule has 0 atom stereocenters. The van der Waals surface area contributed by atoms with Crippen molar-refractivity contribution in [3.8, 4) is 0 Å². The van der Waals surface area contributed by atoms with Crippen LogP contribution in [0.25, 0.3) is 0 Å². The predicted octanol–water partition coefficient (Wildman–Crippen LogP) is 1.20. The first kappa shape index (κ1) is 20.1. The average Bonchev–Trinajstić information content (AvgIpc) is 2.66. The molecule has 2 amide bonds. The summed E-state index contributed by atoms with van der Waals surface area (Å²) in [5, 5.41) is 4.98. The number of carbonyl (C=O) groups excluding carboxylic acids is 2. The van der Waals surface area contributed by atoms with Gasteiger partial charge in [-0.25, -0.2) is 13.6 Å². The van der Waals surface area contributed by atoms with E-state index in [-0.39, 0.29) is 22.0 Å². The standard InChI is InChI=1S/C18H19ClN4O4S/c19-14-8-7-13(10-16(14)28(20,26)27)18(25)22-21-17(24)11-23-9-3-5-12-4-1-2-6-15(12)23/h1-2,4,6-8,10H,3,5,9,11H2,(H,21,24)(H,22,25)(H2,20,26,27). The fourth-order valence-corrected chi connectivity index (χ4v) is 4.12. The molecule has 0 fully saturated rings. The second-order valence-electron chi connectivity index (χ2n) is 6.35. The second kappa shape index (κ2) is 8.17. The van der Waals surface area contributed by atoms with Gasteiger partial charge in [0.15, 0.2) is 0 Å². The van der Waals surface area contributed by atoms with Crippen LogP contribution in [0, 0.1) is 0 Å². The van der Waals surface area contributed by atoms with Gasteiger partial charge in [-0.15, -0.1) is 0 Å². The van der Waals surface area contributed by atoms with Crippen molar-refractivity contribution in [2.24, 2.45) is 5.14 Å². The highest BCUT2D eigenvalue weighted by atomic mass is 35.5. The minimum absolute atomic E-state index is 0.00274. The molecule has 0 spiro atoms. The number of primary sulfonamides is 1. The highest BCUT2D eigenvalue weighted by molar-refractivity contribution is 7.89. The number of hydrazine groups is 1. The molecule has 148 valence electrons. The van der Waals surface area contributed by atoms with Crippen molar-refractivity contribution in [3.63, 3.8) is 0 Å². The maximum atomic E-state index is 12.2. The van der Waals surface area contributed by atoms with Gasteiger partial charge in [0.1, 0.15) is 4.90 Å². The molecule has 10 heteroatoms. The number of amides is 2. The van der Waals surface area contributed by atoms with Crippen LogP contribution in [0.15, 0.2) is 47.4 Å². The summed E-state index contributed by atoms with van der Waals surface area (Å²) < 4.78 is 23.0. The van der Waals surface area contributed by atoms with E-state index in [1.165, 1.54) is 17.7 Å². The zero-order valence-electron chi connectivity index (χ0n) is 14.8. The number of nitrogens with two attached hydrogens (primary N) is 1. The number of aryl methyl sites for hydroxylation is 1. The van der Waals surface area contributed by atoms with E-state index < -0.39 is 21.8 Å². The first-order valence-corrected chi connectivity index (χ1v) is 10.4. The van der Waals surface area contributed by atoms with E-state index >= 15 is 0 Å². The van der Waals surface area contributed by atoms with Gasteiger partial charge in [-0.3, -0.25) is 20.4 Å². The topological polar surface area (TPSA) is 122 Å². The Kier molecular flexibility index (Phi) is 5.87. The lowest BCUT2D eigenvalue weighted by Gasteiger charge is -2.30. The number of para-hydroxylation sites is 1. The summed E-state index contributed by atoms with van der Waals surface area (Å²) in [6.07, 6.45) is 1.91. The lowest BCUT2D eigenvalue weighted by atomic mass is 10.0. The Morgan fingerprint density at radius 3 is 2.64 bits per heavy atom. The van der Waals surface area contributed by atoms with E-state index in [0.29, 0.717) is 0 Å². The van der Waals surface area contributed by atoms with Crippen LogP contribution in [0.1, 0.15) is 22.3 Å². The van der Waals surface area contributed by atoms with Crippen LogP contribution in [-0.2, 0) is 21.2 Å². The van der Waals surface area contributed by atoms with E-state index in [1.807, 2.05) is 29.2 Å². The number of halogens is 1. The highest BCUT2D eigenvalue weighted by Crippen LogP contribution is 2.26. The summed E-state index contributed by atoms with van der Waals surface area (Å²) in [4.78, 5) is 26.0. The molecular weight excluding hydrogens is 404 g/mol. The van der Waals surface area contributed by atoms with Gasteiger partial charge in [-0.05, 0) is 42.7 Å². The van der Waals surface area contributed by atoms with Crippen LogP contribution < -0.4 is 20.9 Å². The lowest BCUT2D eigenvalue weighted by Crippen LogP contribution is -2.47. The van der Waals surface area contributed by atoms with Crippen LogP contribution in [0.5, 0.6) is 0 Å². The molecule has 1 aliphatic rings. The maximum absolute atomic E-state index is 12.2.